The van der Waals surface area contributed by atoms with Crippen molar-refractivity contribution in [2.45, 2.75) is 51.7 Å². The first-order valence-corrected chi connectivity index (χ1v) is 11.8. The van der Waals surface area contributed by atoms with Crippen LogP contribution in [-0.4, -0.2) is 40.7 Å². The molecule has 0 spiro atoms. The van der Waals surface area contributed by atoms with E-state index in [0.717, 1.165) is 29.7 Å². The van der Waals surface area contributed by atoms with Crippen LogP contribution in [0.5, 0.6) is 0 Å². The summed E-state index contributed by atoms with van der Waals surface area (Å²) in [5.74, 6) is -0.978. The van der Waals surface area contributed by atoms with Crippen LogP contribution in [-0.2, 0) is 22.5 Å². The summed E-state index contributed by atoms with van der Waals surface area (Å²) >= 11 is 0. The Morgan fingerprint density at radius 3 is 2.38 bits per heavy atom. The Morgan fingerprint density at radius 1 is 0.971 bits per heavy atom. The highest BCUT2D eigenvalue weighted by Crippen LogP contribution is 2.32. The van der Waals surface area contributed by atoms with Gasteiger partial charge in [-0.05, 0) is 73.4 Å². The third kappa shape index (κ3) is 5.87. The quantitative estimate of drug-likeness (QED) is 0.569. The van der Waals surface area contributed by atoms with Crippen molar-refractivity contribution in [1.29, 1.82) is 0 Å². The number of ether oxygens (including phenoxy) is 1. The highest BCUT2D eigenvalue weighted by molar-refractivity contribution is 5.99. The van der Waals surface area contributed by atoms with Crippen LogP contribution in [0.15, 0.2) is 48.5 Å². The second-order valence-corrected chi connectivity index (χ2v) is 9.15. The summed E-state index contributed by atoms with van der Waals surface area (Å²) in [7, 11) is 0. The minimum absolute atomic E-state index is 0.145. The Morgan fingerprint density at radius 2 is 1.68 bits per heavy atom. The molecule has 8 heteroatoms. The first-order valence-electron chi connectivity index (χ1n) is 11.8. The molecule has 2 aromatic rings. The Labute approximate surface area is 199 Å². The molecule has 0 radical (unpaired) electrons. The normalized spacial score (nSPS) is 20.6. The van der Waals surface area contributed by atoms with Gasteiger partial charge in [-0.3, -0.25) is 4.79 Å². The van der Waals surface area contributed by atoms with Crippen molar-refractivity contribution < 1.29 is 24.2 Å². The number of amides is 3. The molecule has 1 heterocycles. The van der Waals surface area contributed by atoms with E-state index in [9.17, 15) is 19.5 Å². The molecule has 0 aromatic heterocycles. The summed E-state index contributed by atoms with van der Waals surface area (Å²) in [6.07, 6.45) is 3.16. The summed E-state index contributed by atoms with van der Waals surface area (Å²) in [4.78, 5) is 37.9. The lowest BCUT2D eigenvalue weighted by atomic mass is 9.80. The molecule has 180 valence electrons. The lowest BCUT2D eigenvalue weighted by Gasteiger charge is -2.33. The van der Waals surface area contributed by atoms with Gasteiger partial charge in [-0.2, -0.15) is 0 Å². The Balaban J connectivity index is 1.27. The molecule has 1 saturated carbocycles. The van der Waals surface area contributed by atoms with Crippen LogP contribution < -0.4 is 10.6 Å². The lowest BCUT2D eigenvalue weighted by molar-refractivity contribution is -0.143. The molecule has 0 saturated heterocycles. The molecule has 34 heavy (non-hydrogen) atoms. The van der Waals surface area contributed by atoms with Gasteiger partial charge in [0, 0.05) is 24.5 Å². The third-order valence-corrected chi connectivity index (χ3v) is 6.85. The number of carbonyl (C=O) groups is 3. The monoisotopic (exact) mass is 465 g/mol. The number of rotatable bonds is 5. The van der Waals surface area contributed by atoms with E-state index in [2.05, 4.69) is 10.6 Å². The number of carboxylic acids is 1. The van der Waals surface area contributed by atoms with E-state index in [-0.39, 0.29) is 30.1 Å². The van der Waals surface area contributed by atoms with E-state index in [0.29, 0.717) is 38.0 Å². The molecule has 0 bridgehead atoms. The molecule has 2 aliphatic rings. The highest BCUT2D eigenvalue weighted by atomic mass is 16.6. The van der Waals surface area contributed by atoms with Crippen LogP contribution in [0.3, 0.4) is 0 Å². The first kappa shape index (κ1) is 23.6. The maximum absolute atomic E-state index is 12.7. The average molecular weight is 466 g/mol. The van der Waals surface area contributed by atoms with Gasteiger partial charge in [-0.25, -0.2) is 9.59 Å². The Hall–Kier alpha value is -3.55. The predicted molar refractivity (Wildman–Crippen MR) is 129 cm³/mol. The summed E-state index contributed by atoms with van der Waals surface area (Å²) < 4.78 is 5.74. The van der Waals surface area contributed by atoms with Crippen LogP contribution >= 0.6 is 0 Å². The molecule has 1 aliphatic carbocycles. The average Bonchev–Trinajstić information content (AvgIpc) is 2.84. The van der Waals surface area contributed by atoms with E-state index in [1.165, 1.54) is 0 Å². The Kier molecular flexibility index (Phi) is 7.35. The summed E-state index contributed by atoms with van der Waals surface area (Å²) in [5, 5.41) is 14.9. The molecular weight excluding hydrogens is 434 g/mol. The molecule has 3 N–H and O–H groups in total. The van der Waals surface area contributed by atoms with Crippen LogP contribution in [0.4, 0.5) is 21.0 Å². The van der Waals surface area contributed by atoms with Crippen molar-refractivity contribution in [3.63, 3.8) is 0 Å². The minimum Gasteiger partial charge on any atom is -0.481 e. The fourth-order valence-corrected chi connectivity index (χ4v) is 4.73. The maximum Gasteiger partial charge on any atom is 0.410 e. The topological polar surface area (TPSA) is 108 Å². The molecule has 2 aromatic carbocycles. The largest absolute Gasteiger partial charge is 0.481 e. The molecular formula is C26H31N3O5. The fraction of sp³-hybridized carbons (Fsp3) is 0.423. The molecule has 8 nitrogen and oxygen atoms in total. The molecule has 1 aliphatic heterocycles. The maximum atomic E-state index is 12.7. The number of benzene rings is 2. The summed E-state index contributed by atoms with van der Waals surface area (Å²) in [5.41, 5.74) is 3.56. The van der Waals surface area contributed by atoms with E-state index in [1.807, 2.05) is 48.5 Å². The smallest absolute Gasteiger partial charge is 0.410 e. The van der Waals surface area contributed by atoms with Crippen molar-refractivity contribution in [1.82, 2.24) is 4.90 Å². The van der Waals surface area contributed by atoms with Crippen molar-refractivity contribution in [2.24, 2.45) is 11.8 Å². The summed E-state index contributed by atoms with van der Waals surface area (Å²) in [6, 6.07) is 14.7. The van der Waals surface area contributed by atoms with Gasteiger partial charge in [0.25, 0.3) is 0 Å². The van der Waals surface area contributed by atoms with Gasteiger partial charge in [0.15, 0.2) is 0 Å². The zero-order chi connectivity index (χ0) is 24.1. The van der Waals surface area contributed by atoms with Crippen LogP contribution in [0.2, 0.25) is 0 Å². The van der Waals surface area contributed by atoms with Gasteiger partial charge in [-0.15, -0.1) is 0 Å². The van der Waals surface area contributed by atoms with Gasteiger partial charge in [0.05, 0.1) is 5.92 Å². The highest BCUT2D eigenvalue weighted by Gasteiger charge is 2.31. The van der Waals surface area contributed by atoms with Gasteiger partial charge < -0.3 is 25.4 Å². The van der Waals surface area contributed by atoms with Gasteiger partial charge in [0.1, 0.15) is 6.10 Å². The van der Waals surface area contributed by atoms with Gasteiger partial charge in [-0.1, -0.05) is 31.2 Å². The number of para-hydroxylation sites is 1. The molecule has 1 unspecified atom stereocenters. The predicted octanol–water partition coefficient (Wildman–Crippen LogP) is 5.10. The number of fused-ring (bicyclic) bond motifs is 1. The van der Waals surface area contributed by atoms with Crippen molar-refractivity contribution in [2.75, 3.05) is 17.2 Å². The van der Waals surface area contributed by atoms with Crippen LogP contribution in [0, 0.1) is 11.8 Å². The second-order valence-electron chi connectivity index (χ2n) is 9.15. The van der Waals surface area contributed by atoms with E-state index >= 15 is 0 Å². The van der Waals surface area contributed by atoms with Crippen LogP contribution in [0.1, 0.15) is 43.7 Å². The number of nitrogens with zero attached hydrogens (tertiary/aromatic N) is 1. The number of hydrogen-bond acceptors (Lipinski definition) is 4. The first-order chi connectivity index (χ1) is 16.4. The number of nitrogens with one attached hydrogen (secondary N) is 2. The second kappa shape index (κ2) is 10.6. The fourth-order valence-electron chi connectivity index (χ4n) is 4.73. The third-order valence-electron chi connectivity index (χ3n) is 6.85. The molecule has 1 atom stereocenters. The van der Waals surface area contributed by atoms with Crippen molar-refractivity contribution in [3.05, 3.63) is 59.7 Å². The molecule has 1 fully saturated rings. The van der Waals surface area contributed by atoms with E-state index < -0.39 is 5.97 Å². The number of aliphatic carboxylic acids is 1. The number of anilines is 2. The number of hydrogen-bond donors (Lipinski definition) is 3. The molecule has 3 amide bonds. The number of urea groups is 1. The Bertz CT molecular complexity index is 1030. The van der Waals surface area contributed by atoms with Crippen molar-refractivity contribution >= 4 is 29.5 Å². The number of carboxylic acid groups (broad SMARTS) is 1. The lowest BCUT2D eigenvalue weighted by Crippen LogP contribution is -2.39. The SMILES string of the molecule is CC(C(=O)O)[C@H]1CC[C@H](OC(=O)N2CCc3cc(NC(=O)Nc4ccccc4)ccc3C2)CC1. The van der Waals surface area contributed by atoms with Crippen LogP contribution in [0.25, 0.3) is 0 Å². The van der Waals surface area contributed by atoms with E-state index in [4.69, 9.17) is 4.74 Å². The van der Waals surface area contributed by atoms with Gasteiger partial charge >= 0.3 is 18.1 Å². The standard InChI is InChI=1S/C26H31N3O5/c1-17(24(30)31)18-8-11-23(12-9-18)34-26(33)29-14-13-19-15-22(10-7-20(19)16-29)28-25(32)27-21-5-3-2-4-6-21/h2-7,10,15,17-18,23H,8-9,11-14,16H2,1H3,(H,30,31)(H2,27,28,32)/t17?,18-,23-. The van der Waals surface area contributed by atoms with Gasteiger partial charge in [0.2, 0.25) is 0 Å². The minimum atomic E-state index is -0.761. The van der Waals surface area contributed by atoms with Crippen molar-refractivity contribution in [3.8, 4) is 0 Å². The van der Waals surface area contributed by atoms with E-state index in [1.54, 1.807) is 11.8 Å². The summed E-state index contributed by atoms with van der Waals surface area (Å²) in [6.45, 7) is 2.77. The zero-order valence-corrected chi connectivity index (χ0v) is 19.3. The number of carbonyl (C=O) groups excluding carboxylic acids is 2. The zero-order valence-electron chi connectivity index (χ0n) is 19.3. The molecule has 4 rings (SSSR count).